The van der Waals surface area contributed by atoms with Gasteiger partial charge in [-0.2, -0.15) is 0 Å². The van der Waals surface area contributed by atoms with Crippen molar-refractivity contribution in [3.8, 4) is 0 Å². The van der Waals surface area contributed by atoms with Gasteiger partial charge in [0.1, 0.15) is 0 Å². The average Bonchev–Trinajstić information content (AvgIpc) is 2.34. The molecule has 2 fully saturated rings. The highest BCUT2D eigenvalue weighted by molar-refractivity contribution is 5.94. The number of hydrogen-bond acceptors (Lipinski definition) is 1. The van der Waals surface area contributed by atoms with Crippen molar-refractivity contribution >= 4 is 5.71 Å². The Morgan fingerprint density at radius 3 is 2.25 bits per heavy atom. The Bertz CT molecular complexity index is 239. The molecule has 68 valence electrons. The zero-order chi connectivity index (χ0) is 8.98. The zero-order valence-corrected chi connectivity index (χ0v) is 8.65. The lowest BCUT2D eigenvalue weighted by Crippen LogP contribution is -2.32. The summed E-state index contributed by atoms with van der Waals surface area (Å²) in [5, 5.41) is 0. The SMILES string of the molecule is C/N=C1\CC2CCC1(C)C2(C)C. The number of nitrogens with zero attached hydrogens (tertiary/aromatic N) is 1. The minimum atomic E-state index is 0.423. The molecule has 0 spiro atoms. The molecule has 0 heterocycles. The molecule has 2 atom stereocenters. The molecule has 2 aliphatic carbocycles. The summed E-state index contributed by atoms with van der Waals surface area (Å²) >= 11 is 0. The van der Waals surface area contributed by atoms with Crippen molar-refractivity contribution in [3.63, 3.8) is 0 Å². The lowest BCUT2D eigenvalue weighted by Gasteiger charge is -2.34. The maximum absolute atomic E-state index is 4.45. The van der Waals surface area contributed by atoms with Gasteiger partial charge in [-0.05, 0) is 30.6 Å². The van der Waals surface area contributed by atoms with Crippen LogP contribution in [-0.2, 0) is 0 Å². The summed E-state index contributed by atoms with van der Waals surface area (Å²) in [5.41, 5.74) is 2.40. The Morgan fingerprint density at radius 2 is 2.00 bits per heavy atom. The number of hydrogen-bond donors (Lipinski definition) is 0. The van der Waals surface area contributed by atoms with Gasteiger partial charge in [0, 0.05) is 18.2 Å². The monoisotopic (exact) mass is 165 g/mol. The lowest BCUT2D eigenvalue weighted by atomic mass is 9.70. The van der Waals surface area contributed by atoms with Crippen LogP contribution in [0.5, 0.6) is 0 Å². The summed E-state index contributed by atoms with van der Waals surface area (Å²) in [4.78, 5) is 4.45. The quantitative estimate of drug-likeness (QED) is 0.523. The number of aliphatic imine (C=N–C) groups is 1. The molecule has 0 aliphatic heterocycles. The van der Waals surface area contributed by atoms with E-state index in [9.17, 15) is 0 Å². The van der Waals surface area contributed by atoms with Crippen LogP contribution in [0.25, 0.3) is 0 Å². The van der Waals surface area contributed by atoms with Gasteiger partial charge in [-0.25, -0.2) is 0 Å². The van der Waals surface area contributed by atoms with Crippen molar-refractivity contribution in [2.45, 2.75) is 40.0 Å². The second kappa shape index (κ2) is 2.12. The molecule has 2 aliphatic rings. The lowest BCUT2D eigenvalue weighted by molar-refractivity contribution is 0.194. The maximum Gasteiger partial charge on any atom is 0.0276 e. The first-order valence-electron chi connectivity index (χ1n) is 4.98. The van der Waals surface area contributed by atoms with E-state index in [1.165, 1.54) is 25.0 Å². The molecule has 2 unspecified atom stereocenters. The number of fused-ring (bicyclic) bond motifs is 2. The van der Waals surface area contributed by atoms with Crippen LogP contribution in [0, 0.1) is 16.7 Å². The van der Waals surface area contributed by atoms with Crippen LogP contribution in [0.15, 0.2) is 4.99 Å². The van der Waals surface area contributed by atoms with Gasteiger partial charge < -0.3 is 0 Å². The molecule has 0 saturated heterocycles. The van der Waals surface area contributed by atoms with Gasteiger partial charge in [-0.15, -0.1) is 0 Å². The Labute approximate surface area is 75.3 Å². The summed E-state index contributed by atoms with van der Waals surface area (Å²) in [6, 6.07) is 0. The van der Waals surface area contributed by atoms with Crippen LogP contribution in [-0.4, -0.2) is 12.8 Å². The Kier molecular flexibility index (Phi) is 1.47. The van der Waals surface area contributed by atoms with Crippen molar-refractivity contribution in [1.29, 1.82) is 0 Å². The smallest absolute Gasteiger partial charge is 0.0276 e. The molecular weight excluding hydrogens is 146 g/mol. The first kappa shape index (κ1) is 8.28. The molecule has 0 N–H and O–H groups in total. The van der Waals surface area contributed by atoms with Gasteiger partial charge in [0.2, 0.25) is 0 Å². The first-order chi connectivity index (χ1) is 5.52. The van der Waals surface area contributed by atoms with Crippen molar-refractivity contribution < 1.29 is 0 Å². The van der Waals surface area contributed by atoms with Crippen molar-refractivity contribution in [2.24, 2.45) is 21.7 Å². The molecule has 0 aromatic heterocycles. The van der Waals surface area contributed by atoms with E-state index >= 15 is 0 Å². The largest absolute Gasteiger partial charge is 0.297 e. The van der Waals surface area contributed by atoms with Crippen molar-refractivity contribution in [2.75, 3.05) is 7.05 Å². The number of rotatable bonds is 0. The third kappa shape index (κ3) is 0.681. The third-order valence-electron chi connectivity index (χ3n) is 4.78. The van der Waals surface area contributed by atoms with Crippen molar-refractivity contribution in [3.05, 3.63) is 0 Å². The van der Waals surface area contributed by atoms with Gasteiger partial charge >= 0.3 is 0 Å². The minimum absolute atomic E-state index is 0.423. The molecule has 12 heavy (non-hydrogen) atoms. The van der Waals surface area contributed by atoms with E-state index in [-0.39, 0.29) is 0 Å². The first-order valence-corrected chi connectivity index (χ1v) is 4.98. The van der Waals surface area contributed by atoms with E-state index in [1.807, 2.05) is 7.05 Å². The molecule has 2 saturated carbocycles. The Hall–Kier alpha value is -0.330. The molecule has 1 nitrogen and oxygen atoms in total. The van der Waals surface area contributed by atoms with Crippen LogP contribution in [0.2, 0.25) is 0 Å². The molecule has 0 aromatic carbocycles. The average molecular weight is 165 g/mol. The second-order valence-corrected chi connectivity index (χ2v) is 5.16. The van der Waals surface area contributed by atoms with Crippen molar-refractivity contribution in [1.82, 2.24) is 0 Å². The Balaban J connectivity index is 2.46. The van der Waals surface area contributed by atoms with E-state index in [1.54, 1.807) is 0 Å². The highest BCUT2D eigenvalue weighted by Gasteiger charge is 2.59. The summed E-state index contributed by atoms with van der Waals surface area (Å²) < 4.78 is 0. The van der Waals surface area contributed by atoms with Gasteiger partial charge in [0.15, 0.2) is 0 Å². The van der Waals surface area contributed by atoms with Crippen LogP contribution >= 0.6 is 0 Å². The fraction of sp³-hybridized carbons (Fsp3) is 0.909. The highest BCUT2D eigenvalue weighted by atomic mass is 14.8. The van der Waals surface area contributed by atoms with E-state index in [0.717, 1.165) is 5.92 Å². The van der Waals surface area contributed by atoms with Crippen LogP contribution in [0.3, 0.4) is 0 Å². The molecule has 2 bridgehead atoms. The van der Waals surface area contributed by atoms with Crippen LogP contribution in [0.4, 0.5) is 0 Å². The topological polar surface area (TPSA) is 12.4 Å². The maximum atomic E-state index is 4.45. The Morgan fingerprint density at radius 1 is 1.33 bits per heavy atom. The van der Waals surface area contributed by atoms with E-state index < -0.39 is 0 Å². The summed E-state index contributed by atoms with van der Waals surface area (Å²) in [6.07, 6.45) is 4.04. The predicted molar refractivity (Wildman–Crippen MR) is 52.6 cm³/mol. The van der Waals surface area contributed by atoms with Gasteiger partial charge in [0.05, 0.1) is 0 Å². The molecule has 2 rings (SSSR count). The summed E-state index contributed by atoms with van der Waals surface area (Å²) in [7, 11) is 1.96. The molecule has 0 amide bonds. The van der Waals surface area contributed by atoms with E-state index in [2.05, 4.69) is 25.8 Å². The predicted octanol–water partition coefficient (Wildman–Crippen LogP) is 2.90. The fourth-order valence-electron chi connectivity index (χ4n) is 3.27. The third-order valence-corrected chi connectivity index (χ3v) is 4.78. The molecule has 0 radical (unpaired) electrons. The van der Waals surface area contributed by atoms with Crippen LogP contribution < -0.4 is 0 Å². The van der Waals surface area contributed by atoms with Crippen LogP contribution in [0.1, 0.15) is 40.0 Å². The summed E-state index contributed by atoms with van der Waals surface area (Å²) in [5.74, 6) is 0.904. The second-order valence-electron chi connectivity index (χ2n) is 5.16. The fourth-order valence-corrected chi connectivity index (χ4v) is 3.27. The molecular formula is C11H19N. The highest BCUT2D eigenvalue weighted by Crippen LogP contribution is 2.63. The molecule has 1 heteroatoms. The zero-order valence-electron chi connectivity index (χ0n) is 8.65. The summed E-state index contributed by atoms with van der Waals surface area (Å²) in [6.45, 7) is 7.24. The van der Waals surface area contributed by atoms with Gasteiger partial charge in [-0.1, -0.05) is 20.8 Å². The standard InChI is InChI=1S/C11H19N/c1-10(2)8-5-6-11(10,3)9(7-8)12-4/h8H,5-7H2,1-4H3/b12-9+. The van der Waals surface area contributed by atoms with E-state index in [0.29, 0.717) is 10.8 Å². The minimum Gasteiger partial charge on any atom is -0.297 e. The molecule has 0 aromatic rings. The van der Waals surface area contributed by atoms with E-state index in [4.69, 9.17) is 0 Å². The normalized spacial score (nSPS) is 47.3. The van der Waals surface area contributed by atoms with Gasteiger partial charge in [-0.3, -0.25) is 4.99 Å². The van der Waals surface area contributed by atoms with Gasteiger partial charge in [0.25, 0.3) is 0 Å².